The minimum absolute atomic E-state index is 0.0287. The summed E-state index contributed by atoms with van der Waals surface area (Å²) in [5.41, 5.74) is -0.340. The summed E-state index contributed by atoms with van der Waals surface area (Å²) in [6, 6.07) is 1.02. The number of aliphatic carboxylic acids is 1. The van der Waals surface area contributed by atoms with Crippen LogP contribution in [0.3, 0.4) is 0 Å². The van der Waals surface area contributed by atoms with E-state index in [1.165, 1.54) is 0 Å². The minimum Gasteiger partial charge on any atom is -0.543 e. The molecule has 0 saturated heterocycles. The van der Waals surface area contributed by atoms with Crippen LogP contribution in [0, 0.1) is 13.8 Å². The Morgan fingerprint density at radius 3 is 1.70 bits per heavy atom. The van der Waals surface area contributed by atoms with Crippen molar-refractivity contribution < 1.29 is 47.7 Å². The van der Waals surface area contributed by atoms with Gasteiger partial charge in [0, 0.05) is 13.0 Å². The van der Waals surface area contributed by atoms with Crippen molar-refractivity contribution in [3.63, 3.8) is 0 Å². The number of carboxylic acids is 1. The first-order valence-electron chi connectivity index (χ1n) is 17.7. The van der Waals surface area contributed by atoms with Gasteiger partial charge >= 0.3 is 24.2 Å². The molecule has 0 aliphatic carbocycles. The third-order valence-electron chi connectivity index (χ3n) is 7.82. The Labute approximate surface area is 315 Å². The molecule has 0 aliphatic rings. The lowest BCUT2D eigenvalue weighted by atomic mass is 9.95. The molecule has 0 heterocycles. The van der Waals surface area contributed by atoms with Crippen molar-refractivity contribution in [1.29, 1.82) is 0 Å². The van der Waals surface area contributed by atoms with Crippen LogP contribution >= 0.6 is 0 Å². The van der Waals surface area contributed by atoms with Crippen LogP contribution in [0.1, 0.15) is 106 Å². The lowest BCUT2D eigenvalue weighted by molar-refractivity contribution is -0.142. The van der Waals surface area contributed by atoms with Crippen molar-refractivity contribution >= 4 is 44.4 Å². The van der Waals surface area contributed by atoms with Crippen LogP contribution in [0.5, 0.6) is 5.75 Å². The van der Waals surface area contributed by atoms with Gasteiger partial charge in [-0.2, -0.15) is 0 Å². The van der Waals surface area contributed by atoms with Crippen molar-refractivity contribution in [3.05, 3.63) is 28.8 Å². The molecule has 0 aromatic heterocycles. The number of carboxylic acid groups (broad SMARTS) is 1. The second-order valence-corrected chi connectivity index (χ2v) is 22.2. The van der Waals surface area contributed by atoms with Crippen molar-refractivity contribution in [2.75, 3.05) is 6.54 Å². The van der Waals surface area contributed by atoms with E-state index in [-0.39, 0.29) is 24.4 Å². The fourth-order valence-electron chi connectivity index (χ4n) is 4.40. The summed E-state index contributed by atoms with van der Waals surface area (Å²) in [7, 11) is -2.15. The number of carbonyl (C=O) groups excluding carboxylic acids is 4. The van der Waals surface area contributed by atoms with Gasteiger partial charge in [-0.15, -0.1) is 4.99 Å². The first kappa shape index (κ1) is 46.7. The van der Waals surface area contributed by atoms with Gasteiger partial charge in [-0.3, -0.25) is 10.1 Å². The van der Waals surface area contributed by atoms with Gasteiger partial charge in [0.15, 0.2) is 0 Å². The molecule has 300 valence electrons. The molecule has 1 aromatic carbocycles. The van der Waals surface area contributed by atoms with Gasteiger partial charge in [0.05, 0.1) is 0 Å². The van der Waals surface area contributed by atoms with Crippen molar-refractivity contribution in [2.45, 2.75) is 157 Å². The van der Waals surface area contributed by atoms with E-state index in [9.17, 15) is 29.1 Å². The molecule has 0 fully saturated rings. The zero-order valence-electron chi connectivity index (χ0n) is 34.5. The number of hydrogen-bond acceptors (Lipinski definition) is 9. The number of aryl methyl sites for hydroxylation is 2. The number of guanidine groups is 1. The monoisotopic (exact) mass is 765 g/mol. The maximum absolute atomic E-state index is 13.9. The van der Waals surface area contributed by atoms with E-state index in [1.54, 1.807) is 62.3 Å². The average molecular weight is 766 g/mol. The van der Waals surface area contributed by atoms with Gasteiger partial charge in [-0.25, -0.2) is 19.2 Å². The molecular weight excluding hydrogens is 703 g/mol. The maximum Gasteiger partial charge on any atom is 0.437 e. The third-order valence-corrected chi connectivity index (χ3v) is 12.2. The van der Waals surface area contributed by atoms with Crippen LogP contribution < -0.4 is 25.7 Å². The van der Waals surface area contributed by atoms with E-state index in [4.69, 9.17) is 18.6 Å². The highest BCUT2D eigenvalue weighted by atomic mass is 28.4. The molecular formula is C37H63N5O10Si. The number of rotatable bonds is 11. The SMILES string of the molecule is Cc1cc(O[Si](C)(C)C(C)(C)C)cc(C)c1C[C@H](NC(=O)[C@@H](CCNC(=O)OC(C)(C)C)N/C(=N\C(=O)OC(C)(C)C)NC(=O)OC(C)(C)C)C(=O)O. The van der Waals surface area contributed by atoms with Gasteiger partial charge < -0.3 is 39.7 Å². The molecule has 0 saturated carbocycles. The summed E-state index contributed by atoms with van der Waals surface area (Å²) in [4.78, 5) is 68.1. The van der Waals surface area contributed by atoms with Crippen LogP contribution in [0.4, 0.5) is 14.4 Å². The first-order chi connectivity index (χ1) is 23.8. The van der Waals surface area contributed by atoms with E-state index in [2.05, 4.69) is 60.1 Å². The largest absolute Gasteiger partial charge is 0.543 e. The fraction of sp³-hybridized carbons (Fsp3) is 0.676. The number of benzene rings is 1. The number of nitrogens with zero attached hydrogens (tertiary/aromatic N) is 1. The Balaban J connectivity index is 3.49. The number of nitrogens with one attached hydrogen (secondary N) is 4. The number of aliphatic imine (C=N–C) groups is 1. The standard InChI is InChI=1S/C37H63N5O10Si/c1-22-19-24(52-53(15,16)37(12,13)14)20-23(2)25(22)21-27(29(44)45)39-28(43)26(17-18-38-31(46)49-34(3,4)5)40-30(41-32(47)50-35(6,7)8)42-33(48)51-36(9,10)11/h19-20,26-27H,17-18,21H2,1-16H3,(H,38,46)(H,39,43)(H,44,45)(H2,40,41,42,47,48)/t26-,27+/m1/s1. The molecule has 1 rings (SSSR count). The molecule has 0 unspecified atom stereocenters. The lowest BCUT2D eigenvalue weighted by Gasteiger charge is -2.36. The van der Waals surface area contributed by atoms with E-state index >= 15 is 0 Å². The van der Waals surface area contributed by atoms with Gasteiger partial charge in [-0.1, -0.05) is 20.8 Å². The molecule has 0 radical (unpaired) electrons. The molecule has 1 aromatic rings. The quantitative estimate of drug-likeness (QED) is 0.0713. The molecule has 0 spiro atoms. The Morgan fingerprint density at radius 1 is 0.755 bits per heavy atom. The number of carbonyl (C=O) groups is 5. The van der Waals surface area contributed by atoms with Crippen LogP contribution in [-0.4, -0.2) is 85.0 Å². The smallest absolute Gasteiger partial charge is 0.437 e. The molecule has 2 atom stereocenters. The summed E-state index contributed by atoms with van der Waals surface area (Å²) in [6.07, 6.45) is -3.04. The second kappa shape index (κ2) is 18.1. The van der Waals surface area contributed by atoms with Crippen LogP contribution in [-0.2, 0) is 30.2 Å². The van der Waals surface area contributed by atoms with Gasteiger partial charge in [0.25, 0.3) is 0 Å². The Morgan fingerprint density at radius 2 is 1.25 bits per heavy atom. The summed E-state index contributed by atoms with van der Waals surface area (Å²) in [5.74, 6) is -1.91. The van der Waals surface area contributed by atoms with Crippen LogP contribution in [0.15, 0.2) is 17.1 Å². The molecule has 4 amide bonds. The Bertz CT molecular complexity index is 1490. The van der Waals surface area contributed by atoms with E-state index in [0.717, 1.165) is 16.7 Å². The lowest BCUT2D eigenvalue weighted by Crippen LogP contribution is -2.56. The van der Waals surface area contributed by atoms with Crippen LogP contribution in [0.2, 0.25) is 18.1 Å². The van der Waals surface area contributed by atoms with Gasteiger partial charge in [0.1, 0.15) is 34.6 Å². The fourth-order valence-corrected chi connectivity index (χ4v) is 5.41. The second-order valence-electron chi connectivity index (χ2n) is 17.5. The van der Waals surface area contributed by atoms with Gasteiger partial charge in [0.2, 0.25) is 20.2 Å². The highest BCUT2D eigenvalue weighted by Gasteiger charge is 2.39. The normalized spacial score (nSPS) is 13.9. The highest BCUT2D eigenvalue weighted by Crippen LogP contribution is 2.38. The molecule has 53 heavy (non-hydrogen) atoms. The van der Waals surface area contributed by atoms with E-state index in [1.807, 2.05) is 26.0 Å². The van der Waals surface area contributed by atoms with E-state index in [0.29, 0.717) is 5.75 Å². The summed E-state index contributed by atoms with van der Waals surface area (Å²) >= 11 is 0. The van der Waals surface area contributed by atoms with Crippen molar-refractivity contribution in [2.24, 2.45) is 4.99 Å². The molecule has 0 aliphatic heterocycles. The molecule has 5 N–H and O–H groups in total. The zero-order chi connectivity index (χ0) is 41.3. The summed E-state index contributed by atoms with van der Waals surface area (Å²) in [6.45, 7) is 29.1. The van der Waals surface area contributed by atoms with Gasteiger partial charge in [-0.05, 0) is 130 Å². The number of hydrogen-bond donors (Lipinski definition) is 5. The summed E-state index contributed by atoms with van der Waals surface area (Å²) in [5, 5.41) is 20.4. The maximum atomic E-state index is 13.9. The third kappa shape index (κ3) is 17.8. The molecule has 16 heteroatoms. The van der Waals surface area contributed by atoms with Crippen molar-refractivity contribution in [3.8, 4) is 5.75 Å². The predicted octanol–water partition coefficient (Wildman–Crippen LogP) is 6.49. The Kier molecular flexibility index (Phi) is 16.0. The Hall–Kier alpha value is -4.34. The van der Waals surface area contributed by atoms with Crippen LogP contribution in [0.25, 0.3) is 0 Å². The zero-order valence-corrected chi connectivity index (χ0v) is 35.5. The topological polar surface area (TPSA) is 203 Å². The molecule has 0 bridgehead atoms. The predicted molar refractivity (Wildman–Crippen MR) is 206 cm³/mol. The van der Waals surface area contributed by atoms with E-state index < -0.39 is 73.3 Å². The summed E-state index contributed by atoms with van der Waals surface area (Å²) < 4.78 is 22.3. The minimum atomic E-state index is -2.15. The highest BCUT2D eigenvalue weighted by molar-refractivity contribution is 6.74. The number of amides is 4. The number of ether oxygens (including phenoxy) is 3. The number of alkyl carbamates (subject to hydrolysis) is 2. The average Bonchev–Trinajstić information content (AvgIpc) is 2.89. The molecule has 15 nitrogen and oxygen atoms in total. The van der Waals surface area contributed by atoms with Crippen molar-refractivity contribution in [1.82, 2.24) is 21.3 Å². The first-order valence-corrected chi connectivity index (χ1v) is 20.6.